The second-order valence-corrected chi connectivity index (χ2v) is 8.79. The lowest BCUT2D eigenvalue weighted by Crippen LogP contribution is -2.34. The molecule has 29 heavy (non-hydrogen) atoms. The molecule has 0 aliphatic heterocycles. The van der Waals surface area contributed by atoms with E-state index in [1.54, 1.807) is 29.4 Å². The third-order valence-corrected chi connectivity index (χ3v) is 6.62. The van der Waals surface area contributed by atoms with Gasteiger partial charge in [0.2, 0.25) is 0 Å². The molecule has 3 aromatic rings. The zero-order valence-corrected chi connectivity index (χ0v) is 17.6. The number of amides is 1. The fraction of sp³-hybridized carbons (Fsp3) is 0.409. The van der Waals surface area contributed by atoms with E-state index in [0.29, 0.717) is 35.8 Å². The van der Waals surface area contributed by atoms with Crippen LogP contribution in [0.15, 0.2) is 35.1 Å². The standard InChI is InChI=1S/C22H25N3O3S/c1-14-7-8-18-15(11-14)12-19(29-18)22(27)25(9-10-28-2)13-20-23-17-6-4-3-5-16(17)21(26)24-20/h3-6,12,14H,7-11,13H2,1-2H3,(H,23,24,26)/t14-/m1/s1. The molecular formula is C22H25N3O3S. The average molecular weight is 412 g/mol. The molecule has 1 aromatic carbocycles. The van der Waals surface area contributed by atoms with E-state index in [1.807, 2.05) is 24.3 Å². The van der Waals surface area contributed by atoms with Gasteiger partial charge in [-0.1, -0.05) is 19.1 Å². The summed E-state index contributed by atoms with van der Waals surface area (Å²) in [6, 6.07) is 9.27. The van der Waals surface area contributed by atoms with Crippen LogP contribution >= 0.6 is 11.3 Å². The van der Waals surface area contributed by atoms with Crippen molar-refractivity contribution >= 4 is 28.1 Å². The lowest BCUT2D eigenvalue weighted by molar-refractivity contribution is 0.0680. The lowest BCUT2D eigenvalue weighted by atomic mass is 9.90. The molecule has 0 fully saturated rings. The zero-order valence-electron chi connectivity index (χ0n) is 16.7. The fourth-order valence-corrected chi connectivity index (χ4v) is 4.99. The van der Waals surface area contributed by atoms with Crippen molar-refractivity contribution in [2.75, 3.05) is 20.3 Å². The second kappa shape index (κ2) is 8.47. The Balaban J connectivity index is 1.61. The van der Waals surface area contributed by atoms with Crippen LogP contribution in [-0.2, 0) is 24.1 Å². The van der Waals surface area contributed by atoms with Gasteiger partial charge < -0.3 is 14.6 Å². The smallest absolute Gasteiger partial charge is 0.264 e. The number of thiophene rings is 1. The highest BCUT2D eigenvalue weighted by Gasteiger charge is 2.24. The van der Waals surface area contributed by atoms with Crippen LogP contribution in [0.25, 0.3) is 10.9 Å². The average Bonchev–Trinajstić information content (AvgIpc) is 3.14. The van der Waals surface area contributed by atoms with Crippen molar-refractivity contribution in [1.29, 1.82) is 0 Å². The van der Waals surface area contributed by atoms with Gasteiger partial charge in [-0.15, -0.1) is 11.3 Å². The molecule has 6 nitrogen and oxygen atoms in total. The third-order valence-electron chi connectivity index (χ3n) is 5.40. The van der Waals surface area contributed by atoms with E-state index < -0.39 is 0 Å². The summed E-state index contributed by atoms with van der Waals surface area (Å²) in [6.45, 7) is 3.35. The number of rotatable bonds is 6. The fourth-order valence-electron chi connectivity index (χ4n) is 3.81. The first-order chi connectivity index (χ1) is 14.0. The normalized spacial score (nSPS) is 16.0. The van der Waals surface area contributed by atoms with E-state index in [2.05, 4.69) is 16.9 Å². The number of fused-ring (bicyclic) bond motifs is 2. The molecule has 0 radical (unpaired) electrons. The molecule has 4 rings (SSSR count). The maximum absolute atomic E-state index is 13.3. The van der Waals surface area contributed by atoms with Crippen LogP contribution in [0.2, 0.25) is 0 Å². The number of H-pyrrole nitrogens is 1. The summed E-state index contributed by atoms with van der Waals surface area (Å²) in [6.07, 6.45) is 3.26. The number of hydrogen-bond donors (Lipinski definition) is 1. The molecule has 0 spiro atoms. The summed E-state index contributed by atoms with van der Waals surface area (Å²) in [5.41, 5.74) is 1.75. The summed E-state index contributed by atoms with van der Waals surface area (Å²) in [4.78, 5) is 36.8. The van der Waals surface area contributed by atoms with Gasteiger partial charge in [0.15, 0.2) is 0 Å². The van der Waals surface area contributed by atoms with E-state index in [-0.39, 0.29) is 18.0 Å². The third kappa shape index (κ3) is 4.26. The maximum atomic E-state index is 13.3. The topological polar surface area (TPSA) is 75.3 Å². The highest BCUT2D eigenvalue weighted by Crippen LogP contribution is 2.32. The lowest BCUT2D eigenvalue weighted by Gasteiger charge is -2.21. The number of carbonyl (C=O) groups excluding carboxylic acids is 1. The van der Waals surface area contributed by atoms with Gasteiger partial charge in [-0.3, -0.25) is 9.59 Å². The van der Waals surface area contributed by atoms with Crippen molar-refractivity contribution in [2.24, 2.45) is 5.92 Å². The number of nitrogens with one attached hydrogen (secondary N) is 1. The Morgan fingerprint density at radius 1 is 1.38 bits per heavy atom. The van der Waals surface area contributed by atoms with Gasteiger partial charge >= 0.3 is 0 Å². The molecule has 0 unspecified atom stereocenters. The molecule has 0 saturated carbocycles. The van der Waals surface area contributed by atoms with Crippen LogP contribution in [0.4, 0.5) is 0 Å². The number of aromatic nitrogens is 2. The van der Waals surface area contributed by atoms with Crippen LogP contribution in [-0.4, -0.2) is 41.0 Å². The summed E-state index contributed by atoms with van der Waals surface area (Å²) in [5.74, 6) is 1.11. The molecular weight excluding hydrogens is 386 g/mol. The first-order valence-electron chi connectivity index (χ1n) is 9.93. The first kappa shape index (κ1) is 19.8. The van der Waals surface area contributed by atoms with Crippen LogP contribution in [0.1, 0.15) is 39.3 Å². The molecule has 2 aromatic heterocycles. The highest BCUT2D eigenvalue weighted by molar-refractivity contribution is 7.14. The van der Waals surface area contributed by atoms with Crippen molar-refractivity contribution in [3.05, 3.63) is 61.8 Å². The van der Waals surface area contributed by atoms with Crippen molar-refractivity contribution in [1.82, 2.24) is 14.9 Å². The quantitative estimate of drug-likeness (QED) is 0.675. The molecule has 0 saturated heterocycles. The maximum Gasteiger partial charge on any atom is 0.264 e. The monoisotopic (exact) mass is 411 g/mol. The second-order valence-electron chi connectivity index (χ2n) is 7.66. The molecule has 2 heterocycles. The highest BCUT2D eigenvalue weighted by atomic mass is 32.1. The SMILES string of the molecule is COCCN(Cc1nc2ccccc2c(=O)[nH]1)C(=O)c1cc2c(s1)CC[C@@H](C)C2. The van der Waals surface area contributed by atoms with Crippen LogP contribution < -0.4 is 5.56 Å². The largest absolute Gasteiger partial charge is 0.383 e. The molecule has 1 atom stereocenters. The number of methoxy groups -OCH3 is 1. The van der Waals surface area contributed by atoms with E-state index in [4.69, 9.17) is 4.74 Å². The Morgan fingerprint density at radius 3 is 3.03 bits per heavy atom. The van der Waals surface area contributed by atoms with Gasteiger partial charge in [0.1, 0.15) is 5.82 Å². The van der Waals surface area contributed by atoms with Crippen LogP contribution in [0.3, 0.4) is 0 Å². The number of hydrogen-bond acceptors (Lipinski definition) is 5. The zero-order chi connectivity index (χ0) is 20.4. The van der Waals surface area contributed by atoms with Crippen molar-refractivity contribution < 1.29 is 9.53 Å². The number of aryl methyl sites for hydroxylation is 1. The van der Waals surface area contributed by atoms with Gasteiger partial charge in [0.25, 0.3) is 11.5 Å². The first-order valence-corrected chi connectivity index (χ1v) is 10.7. The van der Waals surface area contributed by atoms with Gasteiger partial charge in [-0.05, 0) is 48.9 Å². The number of ether oxygens (including phenoxy) is 1. The molecule has 7 heteroatoms. The van der Waals surface area contributed by atoms with E-state index in [9.17, 15) is 9.59 Å². The Morgan fingerprint density at radius 2 is 2.21 bits per heavy atom. The summed E-state index contributed by atoms with van der Waals surface area (Å²) in [7, 11) is 1.62. The minimum Gasteiger partial charge on any atom is -0.383 e. The van der Waals surface area contributed by atoms with Crippen LogP contribution in [0.5, 0.6) is 0 Å². The van der Waals surface area contributed by atoms with Gasteiger partial charge in [-0.2, -0.15) is 0 Å². The molecule has 1 N–H and O–H groups in total. The molecule has 1 amide bonds. The number of nitrogens with zero attached hydrogens (tertiary/aromatic N) is 2. The van der Waals surface area contributed by atoms with E-state index in [1.165, 1.54) is 16.9 Å². The Bertz CT molecular complexity index is 1090. The van der Waals surface area contributed by atoms with Gasteiger partial charge in [-0.25, -0.2) is 4.98 Å². The molecule has 0 bridgehead atoms. The van der Waals surface area contributed by atoms with Gasteiger partial charge in [0.05, 0.1) is 28.9 Å². The summed E-state index contributed by atoms with van der Waals surface area (Å²) >= 11 is 1.60. The number of carbonyl (C=O) groups is 1. The Labute approximate surface area is 173 Å². The minimum atomic E-state index is -0.190. The van der Waals surface area contributed by atoms with Crippen LogP contribution in [0, 0.1) is 5.92 Å². The number of para-hydroxylation sites is 1. The number of aromatic amines is 1. The van der Waals surface area contributed by atoms with E-state index >= 15 is 0 Å². The van der Waals surface area contributed by atoms with Crippen molar-refractivity contribution in [3.8, 4) is 0 Å². The molecule has 1 aliphatic carbocycles. The van der Waals surface area contributed by atoms with E-state index in [0.717, 1.165) is 17.7 Å². The number of benzene rings is 1. The van der Waals surface area contributed by atoms with Crippen molar-refractivity contribution in [3.63, 3.8) is 0 Å². The Hall–Kier alpha value is -2.51. The minimum absolute atomic E-state index is 0.0371. The summed E-state index contributed by atoms with van der Waals surface area (Å²) in [5, 5.41) is 0.547. The predicted molar refractivity (Wildman–Crippen MR) is 114 cm³/mol. The summed E-state index contributed by atoms with van der Waals surface area (Å²) < 4.78 is 5.20. The Kier molecular flexibility index (Phi) is 5.78. The van der Waals surface area contributed by atoms with Crippen molar-refractivity contribution in [2.45, 2.75) is 32.7 Å². The van der Waals surface area contributed by atoms with Gasteiger partial charge in [0, 0.05) is 18.5 Å². The predicted octanol–water partition coefficient (Wildman–Crippen LogP) is 3.40. The molecule has 152 valence electrons. The molecule has 1 aliphatic rings.